The van der Waals surface area contributed by atoms with Crippen LogP contribution in [0.25, 0.3) is 0 Å². The molecular weight excluding hydrogens is 300 g/mol. The van der Waals surface area contributed by atoms with Crippen LogP contribution in [0.4, 0.5) is 5.69 Å². The van der Waals surface area contributed by atoms with Crippen LogP contribution in [0.15, 0.2) is 34.5 Å². The fourth-order valence-corrected chi connectivity index (χ4v) is 3.83. The number of carbonyl (C=O) groups is 1. The van der Waals surface area contributed by atoms with Gasteiger partial charge in [-0.15, -0.1) is 0 Å². The van der Waals surface area contributed by atoms with Crippen LogP contribution < -0.4 is 10.5 Å². The molecule has 4 rings (SSSR count). The molecule has 6 nitrogen and oxygen atoms in total. The maximum atomic E-state index is 12.8. The van der Waals surface area contributed by atoms with Gasteiger partial charge in [0.1, 0.15) is 5.56 Å². The summed E-state index contributed by atoms with van der Waals surface area (Å²) in [6.07, 6.45) is 4.86. The lowest BCUT2D eigenvalue weighted by Crippen LogP contribution is -2.40. The lowest BCUT2D eigenvalue weighted by atomic mass is 10.1. The van der Waals surface area contributed by atoms with E-state index in [4.69, 9.17) is 0 Å². The zero-order valence-electron chi connectivity index (χ0n) is 11.9. The molecule has 2 aliphatic rings. The second-order valence-corrected chi connectivity index (χ2v) is 6.35. The van der Waals surface area contributed by atoms with E-state index in [0.717, 1.165) is 30.0 Å². The number of rotatable bonds is 1. The number of hydrogen-bond donors (Lipinski definition) is 0. The average Bonchev–Trinajstić information content (AvgIpc) is 3.04. The van der Waals surface area contributed by atoms with Gasteiger partial charge in [-0.3, -0.25) is 19.1 Å². The minimum Gasteiger partial charge on any atom is -0.306 e. The maximum Gasteiger partial charge on any atom is 0.267 e. The number of anilines is 1. The molecule has 1 amide bonds. The Labute approximate surface area is 131 Å². The number of aromatic nitrogens is 3. The third-order valence-electron chi connectivity index (χ3n) is 3.98. The van der Waals surface area contributed by atoms with Crippen LogP contribution in [0.5, 0.6) is 0 Å². The monoisotopic (exact) mass is 314 g/mol. The lowest BCUT2D eigenvalue weighted by molar-refractivity contribution is 0.0982. The first-order valence-electron chi connectivity index (χ1n) is 7.24. The zero-order valence-corrected chi connectivity index (χ0v) is 12.7. The van der Waals surface area contributed by atoms with Crippen LogP contribution in [0, 0.1) is 0 Å². The van der Waals surface area contributed by atoms with E-state index in [1.54, 1.807) is 27.4 Å². The van der Waals surface area contributed by atoms with Crippen molar-refractivity contribution in [2.75, 3.05) is 17.2 Å². The van der Waals surface area contributed by atoms with Crippen LogP contribution in [-0.4, -0.2) is 32.7 Å². The summed E-state index contributed by atoms with van der Waals surface area (Å²) in [4.78, 5) is 35.6. The molecule has 2 aromatic rings. The molecule has 0 aromatic carbocycles. The summed E-state index contributed by atoms with van der Waals surface area (Å²) in [5.41, 5.74) is 1.61. The Balaban J connectivity index is 1.76. The molecule has 0 atom stereocenters. The first-order valence-corrected chi connectivity index (χ1v) is 8.22. The van der Waals surface area contributed by atoms with Crippen LogP contribution in [0.3, 0.4) is 0 Å². The van der Waals surface area contributed by atoms with Crippen molar-refractivity contribution in [2.24, 2.45) is 0 Å². The molecule has 0 aliphatic carbocycles. The van der Waals surface area contributed by atoms with Crippen LogP contribution in [-0.2, 0) is 13.0 Å². The highest BCUT2D eigenvalue weighted by molar-refractivity contribution is 7.99. The van der Waals surface area contributed by atoms with E-state index < -0.39 is 0 Å². The SMILES string of the molecule is O=C(c1cnc2n(c1=O)CCS2)N1CCCc2ncccc21. The van der Waals surface area contributed by atoms with Crippen LogP contribution >= 0.6 is 11.8 Å². The van der Waals surface area contributed by atoms with Crippen LogP contribution in [0.2, 0.25) is 0 Å². The van der Waals surface area contributed by atoms with Crippen molar-refractivity contribution in [3.8, 4) is 0 Å². The summed E-state index contributed by atoms with van der Waals surface area (Å²) in [6, 6.07) is 3.70. The fourth-order valence-electron chi connectivity index (χ4n) is 2.91. The Morgan fingerprint density at radius 3 is 3.09 bits per heavy atom. The van der Waals surface area contributed by atoms with E-state index >= 15 is 0 Å². The summed E-state index contributed by atoms with van der Waals surface area (Å²) in [5.74, 6) is 0.551. The van der Waals surface area contributed by atoms with Gasteiger partial charge in [-0.1, -0.05) is 11.8 Å². The zero-order chi connectivity index (χ0) is 15.1. The molecule has 2 aromatic heterocycles. The molecule has 0 saturated carbocycles. The molecule has 0 spiro atoms. The molecule has 7 heteroatoms. The molecule has 0 fully saturated rings. The molecule has 0 radical (unpaired) electrons. The van der Waals surface area contributed by atoms with Gasteiger partial charge in [-0.05, 0) is 25.0 Å². The van der Waals surface area contributed by atoms with Gasteiger partial charge >= 0.3 is 0 Å². The predicted molar refractivity (Wildman–Crippen MR) is 83.5 cm³/mol. The molecular formula is C15H14N4O2S. The Morgan fingerprint density at radius 2 is 2.18 bits per heavy atom. The number of carbonyl (C=O) groups excluding carboxylic acids is 1. The first kappa shape index (κ1) is 13.5. The summed E-state index contributed by atoms with van der Waals surface area (Å²) in [7, 11) is 0. The van der Waals surface area contributed by atoms with Gasteiger partial charge in [0, 0.05) is 31.2 Å². The van der Waals surface area contributed by atoms with Gasteiger partial charge in [0.25, 0.3) is 11.5 Å². The van der Waals surface area contributed by atoms with Crippen molar-refractivity contribution in [1.29, 1.82) is 0 Å². The van der Waals surface area contributed by atoms with Gasteiger partial charge in [-0.2, -0.15) is 0 Å². The minimum absolute atomic E-state index is 0.142. The molecule has 0 bridgehead atoms. The molecule has 22 heavy (non-hydrogen) atoms. The molecule has 0 saturated heterocycles. The molecule has 0 unspecified atom stereocenters. The number of thioether (sulfide) groups is 1. The number of fused-ring (bicyclic) bond motifs is 2. The third kappa shape index (κ3) is 2.04. The van der Waals surface area contributed by atoms with Crippen LogP contribution in [0.1, 0.15) is 22.5 Å². The van der Waals surface area contributed by atoms with Crippen molar-refractivity contribution in [1.82, 2.24) is 14.5 Å². The summed E-state index contributed by atoms with van der Waals surface area (Å²) in [5, 5.41) is 0.697. The number of hydrogen-bond acceptors (Lipinski definition) is 5. The van der Waals surface area contributed by atoms with E-state index in [2.05, 4.69) is 9.97 Å². The van der Waals surface area contributed by atoms with Gasteiger partial charge in [0.2, 0.25) is 0 Å². The highest BCUT2D eigenvalue weighted by Gasteiger charge is 2.28. The number of pyridine rings is 1. The van der Waals surface area contributed by atoms with E-state index in [-0.39, 0.29) is 17.0 Å². The quantitative estimate of drug-likeness (QED) is 0.743. The van der Waals surface area contributed by atoms with E-state index in [1.165, 1.54) is 6.20 Å². The molecule has 4 heterocycles. The van der Waals surface area contributed by atoms with E-state index in [1.807, 2.05) is 12.1 Å². The van der Waals surface area contributed by atoms with Crippen molar-refractivity contribution < 1.29 is 4.79 Å². The predicted octanol–water partition coefficient (Wildman–Crippen LogP) is 1.34. The topological polar surface area (TPSA) is 68.1 Å². The Bertz CT molecular complexity index is 817. The molecule has 2 aliphatic heterocycles. The van der Waals surface area contributed by atoms with Gasteiger partial charge in [0.15, 0.2) is 5.16 Å². The Kier molecular flexibility index (Phi) is 3.22. The minimum atomic E-state index is -0.279. The summed E-state index contributed by atoms with van der Waals surface area (Å²) < 4.78 is 1.59. The first-order chi connectivity index (χ1) is 10.8. The smallest absolute Gasteiger partial charge is 0.267 e. The van der Waals surface area contributed by atoms with Crippen molar-refractivity contribution in [3.05, 3.63) is 46.1 Å². The highest BCUT2D eigenvalue weighted by Crippen LogP contribution is 2.26. The van der Waals surface area contributed by atoms with Crippen molar-refractivity contribution in [3.63, 3.8) is 0 Å². The fraction of sp³-hybridized carbons (Fsp3) is 0.333. The number of aryl methyl sites for hydroxylation is 1. The largest absolute Gasteiger partial charge is 0.306 e. The standard InChI is InChI=1S/C15H14N4O2S/c20-13(10-9-17-15-19(14(10)21)7-8-22-15)18-6-2-3-11-12(18)4-1-5-16-11/h1,4-5,9H,2-3,6-8H2. The highest BCUT2D eigenvalue weighted by atomic mass is 32.2. The number of amides is 1. The van der Waals surface area contributed by atoms with Crippen molar-refractivity contribution in [2.45, 2.75) is 24.5 Å². The summed E-state index contributed by atoms with van der Waals surface area (Å²) >= 11 is 1.54. The maximum absolute atomic E-state index is 12.8. The number of nitrogens with zero attached hydrogens (tertiary/aromatic N) is 4. The summed E-state index contributed by atoms with van der Waals surface area (Å²) in [6.45, 7) is 1.22. The Morgan fingerprint density at radius 1 is 1.27 bits per heavy atom. The van der Waals surface area contributed by atoms with Gasteiger partial charge in [0.05, 0.1) is 11.4 Å². The third-order valence-corrected chi connectivity index (χ3v) is 4.96. The van der Waals surface area contributed by atoms with E-state index in [9.17, 15) is 9.59 Å². The lowest BCUT2D eigenvalue weighted by Gasteiger charge is -2.28. The Hall–Kier alpha value is -2.15. The molecule has 112 valence electrons. The second-order valence-electron chi connectivity index (χ2n) is 5.29. The van der Waals surface area contributed by atoms with Crippen molar-refractivity contribution >= 4 is 23.4 Å². The van der Waals surface area contributed by atoms with Gasteiger partial charge < -0.3 is 4.90 Å². The van der Waals surface area contributed by atoms with E-state index in [0.29, 0.717) is 18.2 Å². The second kappa shape index (κ2) is 5.24. The normalized spacial score (nSPS) is 16.3. The molecule has 0 N–H and O–H groups in total. The van der Waals surface area contributed by atoms with Gasteiger partial charge in [-0.25, -0.2) is 4.98 Å². The average molecular weight is 314 g/mol.